The number of Topliss-reactive ketones (excluding diaryl/α,β-unsaturated/α-hetero) is 1. The molecule has 3 aromatic carbocycles. The molecule has 131 heavy (non-hydrogen) atoms. The van der Waals surface area contributed by atoms with Crippen molar-refractivity contribution in [3.8, 4) is 23.0 Å². The number of phenolic OH excluding ortho intramolecular Hbond substituents is 2. The number of nitrogens with two attached hydrogens (primary N) is 3. The highest BCUT2D eigenvalue weighted by Gasteiger charge is 2.49. The largest absolute Gasteiger partial charge is 0.508 e. The summed E-state index contributed by atoms with van der Waals surface area (Å²) in [5.41, 5.74) is 13.1. The molecule has 3 aromatic rings. The number of ketones is 3. The summed E-state index contributed by atoms with van der Waals surface area (Å²) >= 11 is 0. The molecule has 1 fully saturated rings. The number of hydrogen-bond donors (Lipinski definition) is 26. The molecule has 19 atom stereocenters. The maximum atomic E-state index is 14.7. The molecule has 722 valence electrons. The van der Waals surface area contributed by atoms with Crippen LogP contribution in [0.4, 0.5) is 0 Å². The molecule has 2 aliphatic carbocycles. The van der Waals surface area contributed by atoms with Crippen molar-refractivity contribution < 1.29 is 152 Å². The van der Waals surface area contributed by atoms with Gasteiger partial charge in [0.2, 0.25) is 101 Å². The zero-order valence-electron chi connectivity index (χ0n) is 73.7. The average Bonchev–Trinajstić information content (AvgIpc) is 0.711. The van der Waals surface area contributed by atoms with Crippen molar-refractivity contribution in [1.29, 1.82) is 0 Å². The van der Waals surface area contributed by atoms with Gasteiger partial charge in [0.15, 0.2) is 11.6 Å². The Morgan fingerprint density at radius 3 is 1.58 bits per heavy atom. The molecular formula is C84H120N16O31. The van der Waals surface area contributed by atoms with Crippen molar-refractivity contribution in [3.05, 3.63) is 81.4 Å². The Morgan fingerprint density at radius 2 is 1.06 bits per heavy atom. The number of aliphatic hydroxyl groups is 8. The third kappa shape index (κ3) is 29.0. The Labute approximate surface area is 751 Å². The van der Waals surface area contributed by atoms with Crippen LogP contribution in [0.25, 0.3) is 0 Å². The number of fused-ring (bicyclic) bond motifs is 3. The van der Waals surface area contributed by atoms with Crippen LogP contribution >= 0.6 is 0 Å². The summed E-state index contributed by atoms with van der Waals surface area (Å²) in [5, 5.41) is 138. The molecule has 6 rings (SSSR count). The number of nitrogens with one attached hydrogen (secondary N) is 13. The van der Waals surface area contributed by atoms with Gasteiger partial charge in [0.25, 0.3) is 0 Å². The van der Waals surface area contributed by atoms with Crippen LogP contribution in [0.2, 0.25) is 0 Å². The number of carbonyl (C=O) groups excluding carboxylic acids is 18. The van der Waals surface area contributed by atoms with E-state index in [0.717, 1.165) is 13.8 Å². The van der Waals surface area contributed by atoms with Gasteiger partial charge in [-0.25, -0.2) is 0 Å². The van der Waals surface area contributed by atoms with E-state index in [-0.39, 0.29) is 90.1 Å². The molecule has 29 N–H and O–H groups in total. The van der Waals surface area contributed by atoms with E-state index in [1.165, 1.54) is 70.3 Å². The highest BCUT2D eigenvalue weighted by atomic mass is 16.7. The van der Waals surface area contributed by atoms with Gasteiger partial charge in [0.05, 0.1) is 74.9 Å². The highest BCUT2D eigenvalue weighted by molar-refractivity contribution is 6.31. The van der Waals surface area contributed by atoms with E-state index < -0.39 is 315 Å². The second-order valence-corrected chi connectivity index (χ2v) is 32.7. The third-order valence-corrected chi connectivity index (χ3v) is 22.2. The number of unbranched alkanes of at least 4 members (excludes halogenated alkanes) is 1. The number of amides is 15. The van der Waals surface area contributed by atoms with Gasteiger partial charge in [-0.3, -0.25) is 86.3 Å². The van der Waals surface area contributed by atoms with Crippen LogP contribution in [0, 0.1) is 11.8 Å². The maximum Gasteiger partial charge on any atom is 0.245 e. The minimum absolute atomic E-state index is 0.0155. The lowest BCUT2D eigenvalue weighted by molar-refractivity contribution is -0.191. The molecule has 1 saturated heterocycles. The van der Waals surface area contributed by atoms with Gasteiger partial charge in [0.1, 0.15) is 114 Å². The number of benzene rings is 3. The number of phenols is 2. The monoisotopic (exact) mass is 1850 g/mol. The number of carbonyl (C=O) groups is 18. The first-order valence-corrected chi connectivity index (χ1v) is 42.4. The topological polar surface area (TPSA) is 772 Å². The van der Waals surface area contributed by atoms with Crippen molar-refractivity contribution >= 4 is 106 Å². The molecule has 0 bridgehead atoms. The average molecular weight is 1850 g/mol. The lowest BCUT2D eigenvalue weighted by Gasteiger charge is -2.40. The molecule has 15 amide bonds. The lowest BCUT2D eigenvalue weighted by atomic mass is 9.73. The summed E-state index contributed by atoms with van der Waals surface area (Å²) in [6, 6.07) is -13.6. The predicted molar refractivity (Wildman–Crippen MR) is 455 cm³/mol. The van der Waals surface area contributed by atoms with E-state index in [1.54, 1.807) is 20.8 Å². The van der Waals surface area contributed by atoms with Crippen LogP contribution in [0.3, 0.4) is 0 Å². The van der Waals surface area contributed by atoms with Crippen LogP contribution < -0.4 is 95.8 Å². The molecule has 0 saturated carbocycles. The van der Waals surface area contributed by atoms with Gasteiger partial charge in [-0.2, -0.15) is 0 Å². The number of rotatable bonds is 50. The fraction of sp³-hybridized carbons (Fsp3) is 0.571. The summed E-state index contributed by atoms with van der Waals surface area (Å²) in [6.07, 6.45) is -9.92. The fourth-order valence-corrected chi connectivity index (χ4v) is 14.7. The summed E-state index contributed by atoms with van der Waals surface area (Å²) in [7, 11) is 1.26. The molecule has 0 spiro atoms. The van der Waals surface area contributed by atoms with E-state index in [9.17, 15) is 137 Å². The molecule has 47 nitrogen and oxygen atoms in total. The van der Waals surface area contributed by atoms with Crippen molar-refractivity contribution in [2.75, 3.05) is 46.7 Å². The van der Waals surface area contributed by atoms with Crippen LogP contribution in [-0.2, 0) is 101 Å². The molecule has 1 aliphatic heterocycles. The second kappa shape index (κ2) is 49.5. The Bertz CT molecular complexity index is 4690. The van der Waals surface area contributed by atoms with Crippen LogP contribution in [-0.4, -0.2) is 312 Å². The minimum atomic E-state index is -2.23. The van der Waals surface area contributed by atoms with E-state index in [2.05, 4.69) is 58.5 Å². The summed E-state index contributed by atoms with van der Waals surface area (Å²) in [5.74, 6) is -22.3. The van der Waals surface area contributed by atoms with E-state index in [1.807, 2.05) is 10.6 Å². The summed E-state index contributed by atoms with van der Waals surface area (Å²) in [6.45, 7) is 5.32. The highest BCUT2D eigenvalue weighted by Crippen LogP contribution is 2.49. The lowest BCUT2D eigenvalue weighted by Crippen LogP contribution is -2.63. The first kappa shape index (κ1) is 107. The Hall–Kier alpha value is -12.5. The predicted octanol–water partition coefficient (Wildman–Crippen LogP) is -9.17. The first-order chi connectivity index (χ1) is 61.7. The van der Waals surface area contributed by atoms with Gasteiger partial charge < -0.3 is 152 Å². The summed E-state index contributed by atoms with van der Waals surface area (Å²) < 4.78 is 18.0. The van der Waals surface area contributed by atoms with Gasteiger partial charge in [0, 0.05) is 49.3 Å². The quantitative estimate of drug-likeness (QED) is 0.0183. The molecule has 0 radical (unpaired) electrons. The summed E-state index contributed by atoms with van der Waals surface area (Å²) in [4.78, 5) is 247. The maximum absolute atomic E-state index is 14.7. The molecule has 3 aliphatic rings. The van der Waals surface area contributed by atoms with E-state index in [4.69, 9.17) is 31.4 Å². The van der Waals surface area contributed by atoms with Crippen LogP contribution in [0.1, 0.15) is 168 Å². The van der Waals surface area contributed by atoms with Gasteiger partial charge in [-0.15, -0.1) is 0 Å². The molecule has 1 unspecified atom stereocenters. The molecule has 0 aromatic heterocycles. The molecular weight excluding hydrogens is 1730 g/mol. The van der Waals surface area contributed by atoms with E-state index >= 15 is 0 Å². The number of methoxy groups -OCH3 is 1. The van der Waals surface area contributed by atoms with Crippen molar-refractivity contribution in [2.45, 2.75) is 248 Å². The van der Waals surface area contributed by atoms with Crippen LogP contribution in [0.5, 0.6) is 23.0 Å². The number of hydrogen-bond acceptors (Lipinski definition) is 32. The van der Waals surface area contributed by atoms with Crippen molar-refractivity contribution in [3.63, 3.8) is 0 Å². The van der Waals surface area contributed by atoms with E-state index in [0.29, 0.717) is 6.42 Å². The number of primary amides is 2. The molecule has 47 heteroatoms. The zero-order chi connectivity index (χ0) is 97.9. The minimum Gasteiger partial charge on any atom is -0.508 e. The second-order valence-electron chi connectivity index (χ2n) is 32.7. The van der Waals surface area contributed by atoms with Crippen molar-refractivity contribution in [2.24, 2.45) is 29.0 Å². The van der Waals surface area contributed by atoms with Gasteiger partial charge in [-0.1, -0.05) is 58.4 Å². The normalized spacial score (nSPS) is 19.4. The third-order valence-electron chi connectivity index (χ3n) is 22.2. The number of ether oxygens (including phenoxy) is 3. The number of aliphatic hydroxyl groups excluding tert-OH is 7. The van der Waals surface area contributed by atoms with Gasteiger partial charge >= 0.3 is 0 Å². The molecule has 1 heterocycles. The Morgan fingerprint density at radius 1 is 0.565 bits per heavy atom. The Kier molecular flexibility index (Phi) is 40.5. The van der Waals surface area contributed by atoms with Crippen LogP contribution in [0.15, 0.2) is 42.5 Å². The standard InChI is InChI=1S/C84H120N16O31/c1-10-37(4)65(99-74(118)47(15-11-12-25-85)89-77(121)52(28-60(87)111)92-72(116)38(5)88-41(8)107)82(126)98-55(33-103)78(122)93-51(27-42-17-19-43(108)20-18-42)76(120)90-48(21-22-59(86)110)73(117)95-53(31-101)79(123)96-54(32-102)80(124)97-56(34-104)81(125)100-66(39(6)106)83(127)94-50(26-36(2)3)75(119)91-49-29-61(130-40(7)67(49)112)131-71-44-23-24-84(128,58(109)35-105)30-46(44)69(114)63-64(71)70(115)62-45(68(63)113)14-13-16-57(62)129-9/h13-14,16-20,36-40,47-56,61,65-67,101-106,108,112,114,128H,10-12,15,21-35,85H2,1-9H3,(H2,86,110)(H2,87,111)(H,88,107)(H,89,121)(H,90,120)(H,91,119)(H,92,116)(H,93,122)(H,94,127)(H,95,117)(H,96,123)(H,97,124)(H,98,126)(H,99,118)(H,100,125)/t37-,38-,39+,40+,47-,48-,49+,50-,51-,52-,53-,54-,55-,56-,61?,65-,66-,67-,84+/m0/s1. The first-order valence-electron chi connectivity index (χ1n) is 42.4. The SMILES string of the molecule is CC[C@H](C)[C@H](NC(=O)[C@H](CCCCN)NC(=O)[C@H](CC(N)=O)NC(=O)[C@H](C)NC(C)=O)C(=O)N[C@@H](CO)C(=O)N[C@@H](Cc1ccc(O)cc1)C(=O)N[C@@H](CCC(N)=O)C(=O)N[C@@H](CO)C(=O)N[C@@H](CO)C(=O)N[C@@H](CO)C(=O)N[C@H](C(=O)N[C@@H](CC(C)C)C(=O)N[C@@H]1CC(Oc2c3c(c(O)c4c2C(=O)c2c(OC)cccc2C4=O)C[C@@](O)(C(=O)CO)CC3)O[C@H](C)[C@@H]1O)[C@@H](C)O. The fourth-order valence-electron chi connectivity index (χ4n) is 14.7. The smallest absolute Gasteiger partial charge is 0.245 e. The zero-order valence-corrected chi connectivity index (χ0v) is 73.7. The van der Waals surface area contributed by atoms with Gasteiger partial charge in [-0.05, 0) is 108 Å². The van der Waals surface area contributed by atoms with Crippen molar-refractivity contribution in [1.82, 2.24) is 69.1 Å². The Balaban J connectivity index is 1.13. The number of aromatic hydroxyl groups is 2.